The Labute approximate surface area is 194 Å². The molecule has 8 nitrogen and oxygen atoms in total. The number of methoxy groups -OCH3 is 1. The van der Waals surface area contributed by atoms with Crippen LogP contribution < -0.4 is 15.4 Å². The molecule has 9 heteroatoms. The van der Waals surface area contributed by atoms with Crippen LogP contribution in [0.3, 0.4) is 0 Å². The number of ether oxygens (including phenoxy) is 1. The van der Waals surface area contributed by atoms with E-state index in [1.807, 2.05) is 79.7 Å². The summed E-state index contributed by atoms with van der Waals surface area (Å²) < 4.78 is 5.23. The fourth-order valence-electron chi connectivity index (χ4n) is 3.15. The van der Waals surface area contributed by atoms with Crippen molar-refractivity contribution in [3.63, 3.8) is 0 Å². The van der Waals surface area contributed by atoms with E-state index in [2.05, 4.69) is 35.6 Å². The van der Waals surface area contributed by atoms with Crippen LogP contribution in [0.25, 0.3) is 11.0 Å². The number of nitrogens with zero attached hydrogens (tertiary/aromatic N) is 4. The van der Waals surface area contributed by atoms with Crippen LogP contribution in [0, 0.1) is 6.92 Å². The molecule has 0 fully saturated rings. The number of hydrogen-bond donors (Lipinski definition) is 3. The van der Waals surface area contributed by atoms with Crippen molar-refractivity contribution in [1.29, 1.82) is 0 Å². The van der Waals surface area contributed by atoms with Gasteiger partial charge in [-0.2, -0.15) is 15.0 Å². The highest BCUT2D eigenvalue weighted by atomic mass is 32.2. The number of para-hydroxylation sites is 2. The van der Waals surface area contributed by atoms with Gasteiger partial charge in [0.2, 0.25) is 17.1 Å². The van der Waals surface area contributed by atoms with Crippen LogP contribution in [-0.4, -0.2) is 32.0 Å². The Bertz CT molecular complexity index is 1350. The van der Waals surface area contributed by atoms with Crippen molar-refractivity contribution >= 4 is 46.1 Å². The number of imidazole rings is 1. The number of anilines is 4. The molecule has 0 atom stereocenters. The zero-order valence-corrected chi connectivity index (χ0v) is 18.9. The molecule has 0 aliphatic carbocycles. The van der Waals surface area contributed by atoms with Crippen LogP contribution >= 0.6 is 11.8 Å². The van der Waals surface area contributed by atoms with Crippen molar-refractivity contribution < 1.29 is 4.74 Å². The molecule has 0 aliphatic heterocycles. The number of aromatic amines is 1. The number of rotatable bonds is 7. The van der Waals surface area contributed by atoms with Gasteiger partial charge in [0, 0.05) is 11.4 Å². The molecule has 2 heterocycles. The van der Waals surface area contributed by atoms with Crippen molar-refractivity contribution in [3.8, 4) is 5.75 Å². The Morgan fingerprint density at radius 1 is 0.758 bits per heavy atom. The lowest BCUT2D eigenvalue weighted by Gasteiger charge is -2.10. The fraction of sp³-hybridized carbons (Fsp3) is 0.0833. The maximum atomic E-state index is 5.23. The standard InChI is InChI=1S/C24H21N7OS/c1-15-7-9-16(10-8-15)25-21-29-22(26-17-11-13-18(32-2)14-12-17)31-24(30-21)33-23-27-19-5-3-4-6-20(19)28-23/h3-14H,1-2H3,(H,27,28)(H2,25,26,29,30,31). The van der Waals surface area contributed by atoms with Gasteiger partial charge in [-0.05, 0) is 67.2 Å². The highest BCUT2D eigenvalue weighted by Crippen LogP contribution is 2.27. The summed E-state index contributed by atoms with van der Waals surface area (Å²) in [6, 6.07) is 23.5. The molecule has 0 saturated carbocycles. The Morgan fingerprint density at radius 2 is 1.39 bits per heavy atom. The van der Waals surface area contributed by atoms with Gasteiger partial charge in [-0.1, -0.05) is 29.8 Å². The van der Waals surface area contributed by atoms with E-state index < -0.39 is 0 Å². The first kappa shape index (κ1) is 20.8. The summed E-state index contributed by atoms with van der Waals surface area (Å²) in [5.41, 5.74) is 4.76. The summed E-state index contributed by atoms with van der Waals surface area (Å²) in [4.78, 5) is 21.7. The normalized spacial score (nSPS) is 10.8. The van der Waals surface area contributed by atoms with E-state index in [1.54, 1.807) is 7.11 Å². The summed E-state index contributed by atoms with van der Waals surface area (Å²) in [6.45, 7) is 2.05. The second kappa shape index (κ2) is 9.17. The average Bonchev–Trinajstić information content (AvgIpc) is 3.23. The quantitative estimate of drug-likeness (QED) is 0.287. The summed E-state index contributed by atoms with van der Waals surface area (Å²) in [7, 11) is 1.64. The largest absolute Gasteiger partial charge is 0.497 e. The molecule has 0 radical (unpaired) electrons. The smallest absolute Gasteiger partial charge is 0.233 e. The number of fused-ring (bicyclic) bond motifs is 1. The van der Waals surface area contributed by atoms with Crippen LogP contribution in [0.5, 0.6) is 5.75 Å². The predicted molar refractivity (Wildman–Crippen MR) is 131 cm³/mol. The first-order valence-electron chi connectivity index (χ1n) is 10.3. The van der Waals surface area contributed by atoms with Crippen molar-refractivity contribution in [1.82, 2.24) is 24.9 Å². The number of nitrogens with one attached hydrogen (secondary N) is 3. The molecule has 5 rings (SSSR count). The molecule has 0 bridgehead atoms. The molecule has 2 aromatic heterocycles. The topological polar surface area (TPSA) is 101 Å². The minimum atomic E-state index is 0.420. The lowest BCUT2D eigenvalue weighted by molar-refractivity contribution is 0.415. The molecule has 0 unspecified atom stereocenters. The zero-order chi connectivity index (χ0) is 22.6. The molecule has 3 aromatic carbocycles. The van der Waals surface area contributed by atoms with E-state index in [4.69, 9.17) is 4.74 Å². The second-order valence-corrected chi connectivity index (χ2v) is 8.23. The number of aryl methyl sites for hydroxylation is 1. The molecule has 164 valence electrons. The molecule has 0 spiro atoms. The molecule has 5 aromatic rings. The molecule has 3 N–H and O–H groups in total. The van der Waals surface area contributed by atoms with Gasteiger partial charge in [-0.25, -0.2) is 4.98 Å². The monoisotopic (exact) mass is 455 g/mol. The maximum absolute atomic E-state index is 5.23. The van der Waals surface area contributed by atoms with E-state index in [9.17, 15) is 0 Å². The van der Waals surface area contributed by atoms with E-state index >= 15 is 0 Å². The Hall–Kier alpha value is -4.11. The lowest BCUT2D eigenvalue weighted by Crippen LogP contribution is -2.05. The summed E-state index contributed by atoms with van der Waals surface area (Å²) in [6.07, 6.45) is 0. The maximum Gasteiger partial charge on any atom is 0.233 e. The third kappa shape index (κ3) is 5.04. The van der Waals surface area contributed by atoms with Crippen molar-refractivity contribution in [2.45, 2.75) is 17.2 Å². The summed E-state index contributed by atoms with van der Waals surface area (Å²) in [5.74, 6) is 1.63. The minimum absolute atomic E-state index is 0.420. The average molecular weight is 456 g/mol. The molecule has 0 aliphatic rings. The number of benzene rings is 3. The lowest BCUT2D eigenvalue weighted by atomic mass is 10.2. The first-order valence-corrected chi connectivity index (χ1v) is 11.1. The van der Waals surface area contributed by atoms with Gasteiger partial charge < -0.3 is 20.4 Å². The molecule has 0 amide bonds. The molecule has 0 saturated heterocycles. The summed E-state index contributed by atoms with van der Waals surface area (Å²) in [5, 5.41) is 7.72. The van der Waals surface area contributed by atoms with Gasteiger partial charge >= 0.3 is 0 Å². The van der Waals surface area contributed by atoms with Gasteiger partial charge in [0.05, 0.1) is 18.1 Å². The van der Waals surface area contributed by atoms with Crippen molar-refractivity contribution in [3.05, 3.63) is 78.4 Å². The van der Waals surface area contributed by atoms with Gasteiger partial charge in [-0.3, -0.25) is 0 Å². The Balaban J connectivity index is 1.46. The summed E-state index contributed by atoms with van der Waals surface area (Å²) >= 11 is 1.34. The van der Waals surface area contributed by atoms with Crippen molar-refractivity contribution in [2.75, 3.05) is 17.7 Å². The second-order valence-electron chi connectivity index (χ2n) is 7.27. The van der Waals surface area contributed by atoms with Crippen LogP contribution in [0.4, 0.5) is 23.3 Å². The highest BCUT2D eigenvalue weighted by Gasteiger charge is 2.12. The number of hydrogen-bond acceptors (Lipinski definition) is 8. The third-order valence-electron chi connectivity index (χ3n) is 4.82. The van der Waals surface area contributed by atoms with Gasteiger partial charge in [0.25, 0.3) is 0 Å². The molecular formula is C24H21N7OS. The Kier molecular flexibility index (Phi) is 5.77. The van der Waals surface area contributed by atoms with Crippen LogP contribution in [0.1, 0.15) is 5.56 Å². The van der Waals surface area contributed by atoms with E-state index in [1.165, 1.54) is 17.3 Å². The number of aromatic nitrogens is 5. The van der Waals surface area contributed by atoms with Gasteiger partial charge in [0.1, 0.15) is 5.75 Å². The number of H-pyrrole nitrogens is 1. The minimum Gasteiger partial charge on any atom is -0.497 e. The first-order chi connectivity index (χ1) is 16.1. The van der Waals surface area contributed by atoms with E-state index in [0.29, 0.717) is 22.2 Å². The van der Waals surface area contributed by atoms with E-state index in [-0.39, 0.29) is 0 Å². The van der Waals surface area contributed by atoms with Crippen LogP contribution in [0.15, 0.2) is 83.1 Å². The predicted octanol–water partition coefficient (Wildman–Crippen LogP) is 5.70. The fourth-order valence-corrected chi connectivity index (χ4v) is 3.89. The van der Waals surface area contributed by atoms with Crippen LogP contribution in [0.2, 0.25) is 0 Å². The Morgan fingerprint density at radius 3 is 2.03 bits per heavy atom. The molecule has 33 heavy (non-hydrogen) atoms. The van der Waals surface area contributed by atoms with Crippen LogP contribution in [-0.2, 0) is 0 Å². The van der Waals surface area contributed by atoms with E-state index in [0.717, 1.165) is 28.2 Å². The van der Waals surface area contributed by atoms with Crippen molar-refractivity contribution in [2.24, 2.45) is 0 Å². The highest BCUT2D eigenvalue weighted by molar-refractivity contribution is 7.99. The van der Waals surface area contributed by atoms with Gasteiger partial charge in [0.15, 0.2) is 5.16 Å². The zero-order valence-electron chi connectivity index (χ0n) is 18.0. The van der Waals surface area contributed by atoms with Gasteiger partial charge in [-0.15, -0.1) is 0 Å². The third-order valence-corrected chi connectivity index (χ3v) is 5.58. The molecular weight excluding hydrogens is 434 g/mol. The SMILES string of the molecule is COc1ccc(Nc2nc(Nc3ccc(C)cc3)nc(Sc3nc4ccccc4[nH]3)n2)cc1.